The molecular weight excluding hydrogens is 312 g/mol. The van der Waals surface area contributed by atoms with E-state index in [2.05, 4.69) is 27.9 Å². The molecule has 1 saturated heterocycles. The number of amides is 1. The van der Waals surface area contributed by atoms with Crippen LogP contribution in [0.3, 0.4) is 0 Å². The van der Waals surface area contributed by atoms with Crippen LogP contribution in [0.25, 0.3) is 0 Å². The Morgan fingerprint density at radius 2 is 1.96 bits per heavy atom. The molecule has 1 aliphatic heterocycles. The highest BCUT2D eigenvalue weighted by Crippen LogP contribution is 2.13. The van der Waals surface area contributed by atoms with E-state index in [0.717, 1.165) is 38.0 Å². The summed E-state index contributed by atoms with van der Waals surface area (Å²) in [7, 11) is 0. The molecule has 0 saturated carbocycles. The Morgan fingerprint density at radius 1 is 1.22 bits per heavy atom. The van der Waals surface area contributed by atoms with Crippen molar-refractivity contribution in [2.24, 2.45) is 5.92 Å². The summed E-state index contributed by atoms with van der Waals surface area (Å²) in [6.07, 6.45) is 5.59. The average Bonchev–Trinajstić information content (AvgIpc) is 3.07. The van der Waals surface area contributed by atoms with Gasteiger partial charge in [-0.25, -0.2) is 0 Å². The van der Waals surface area contributed by atoms with Crippen LogP contribution in [0.1, 0.15) is 24.0 Å². The van der Waals surface area contributed by atoms with E-state index in [1.807, 2.05) is 29.1 Å². The van der Waals surface area contributed by atoms with Crippen molar-refractivity contribution in [3.63, 3.8) is 0 Å². The van der Waals surface area contributed by atoms with Gasteiger partial charge in [0.25, 0.3) is 0 Å². The van der Waals surface area contributed by atoms with Crippen molar-refractivity contribution in [1.29, 1.82) is 0 Å². The molecule has 2 aromatic rings. The van der Waals surface area contributed by atoms with E-state index in [-0.39, 0.29) is 24.2 Å². The van der Waals surface area contributed by atoms with Gasteiger partial charge in [0.2, 0.25) is 5.91 Å². The maximum atomic E-state index is 12.2. The smallest absolute Gasteiger partial charge is 0.223 e. The second kappa shape index (κ2) is 8.70. The van der Waals surface area contributed by atoms with Crippen molar-refractivity contribution >= 4 is 18.3 Å². The molecule has 3 rings (SSSR count). The van der Waals surface area contributed by atoms with E-state index < -0.39 is 0 Å². The zero-order valence-electron chi connectivity index (χ0n) is 13.1. The second-order valence-corrected chi connectivity index (χ2v) is 5.71. The Hall–Kier alpha value is -1.85. The van der Waals surface area contributed by atoms with E-state index in [1.54, 1.807) is 6.20 Å². The van der Waals surface area contributed by atoms with Gasteiger partial charge in [-0.2, -0.15) is 5.10 Å². The van der Waals surface area contributed by atoms with Crippen LogP contribution in [0, 0.1) is 5.92 Å². The molecule has 1 fully saturated rings. The molecule has 0 radical (unpaired) electrons. The molecular formula is C17H23ClN4O. The predicted molar refractivity (Wildman–Crippen MR) is 92.5 cm³/mol. The van der Waals surface area contributed by atoms with Crippen LogP contribution in [0.2, 0.25) is 0 Å². The first-order chi connectivity index (χ1) is 10.8. The monoisotopic (exact) mass is 334 g/mol. The molecule has 2 N–H and O–H groups in total. The minimum atomic E-state index is 0. The molecule has 1 aliphatic rings. The third kappa shape index (κ3) is 4.81. The minimum Gasteiger partial charge on any atom is -0.352 e. The summed E-state index contributed by atoms with van der Waals surface area (Å²) in [5.41, 5.74) is 2.34. The Bertz CT molecular complexity index is 609. The number of carbonyl (C=O) groups is 1. The summed E-state index contributed by atoms with van der Waals surface area (Å²) < 4.78 is 1.90. The third-order valence-corrected chi connectivity index (χ3v) is 4.17. The van der Waals surface area contributed by atoms with Crippen LogP contribution in [-0.2, 0) is 17.9 Å². The quantitative estimate of drug-likeness (QED) is 0.879. The lowest BCUT2D eigenvalue weighted by Crippen LogP contribution is -2.38. The number of benzene rings is 1. The fourth-order valence-electron chi connectivity index (χ4n) is 2.86. The molecule has 0 spiro atoms. The molecule has 1 aromatic heterocycles. The van der Waals surface area contributed by atoms with E-state index in [4.69, 9.17) is 0 Å². The summed E-state index contributed by atoms with van der Waals surface area (Å²) in [5.74, 6) is 0.329. The fraction of sp³-hybridized carbons (Fsp3) is 0.412. The topological polar surface area (TPSA) is 59.0 Å². The molecule has 124 valence electrons. The van der Waals surface area contributed by atoms with Crippen molar-refractivity contribution in [2.75, 3.05) is 13.1 Å². The maximum Gasteiger partial charge on any atom is 0.223 e. The lowest BCUT2D eigenvalue weighted by atomic mass is 9.97. The van der Waals surface area contributed by atoms with Gasteiger partial charge in [-0.05, 0) is 43.1 Å². The van der Waals surface area contributed by atoms with Crippen LogP contribution in [0.15, 0.2) is 42.7 Å². The second-order valence-electron chi connectivity index (χ2n) is 5.71. The van der Waals surface area contributed by atoms with Crippen molar-refractivity contribution < 1.29 is 4.79 Å². The van der Waals surface area contributed by atoms with E-state index in [0.29, 0.717) is 6.54 Å². The van der Waals surface area contributed by atoms with Gasteiger partial charge in [-0.1, -0.05) is 24.3 Å². The molecule has 0 bridgehead atoms. The molecule has 6 heteroatoms. The molecule has 5 nitrogen and oxygen atoms in total. The zero-order valence-corrected chi connectivity index (χ0v) is 13.9. The van der Waals surface area contributed by atoms with E-state index >= 15 is 0 Å². The molecule has 1 aromatic carbocycles. The molecule has 0 atom stereocenters. The Morgan fingerprint density at radius 3 is 2.65 bits per heavy atom. The number of hydrogen-bond acceptors (Lipinski definition) is 3. The minimum absolute atomic E-state index is 0. The van der Waals surface area contributed by atoms with Gasteiger partial charge in [0.1, 0.15) is 0 Å². The standard InChI is InChI=1S/C17H22N4O.ClH/c22-17(14-6-9-18-10-7-14)19-12-15-4-1-2-5-16(15)13-21-11-3-8-20-21;/h1-5,8,11,14,18H,6-7,9-10,12-13H2,(H,19,22);1H. The number of carbonyl (C=O) groups excluding carboxylic acids is 1. The lowest BCUT2D eigenvalue weighted by molar-refractivity contribution is -0.125. The molecule has 0 aliphatic carbocycles. The Kier molecular flexibility index (Phi) is 6.62. The summed E-state index contributed by atoms with van der Waals surface area (Å²) in [6, 6.07) is 10.1. The normalized spacial score (nSPS) is 15.0. The van der Waals surface area contributed by atoms with Crippen LogP contribution in [-0.4, -0.2) is 28.8 Å². The van der Waals surface area contributed by atoms with Crippen LogP contribution in [0.5, 0.6) is 0 Å². The van der Waals surface area contributed by atoms with Crippen molar-refractivity contribution in [3.8, 4) is 0 Å². The molecule has 23 heavy (non-hydrogen) atoms. The van der Waals surface area contributed by atoms with Gasteiger partial charge >= 0.3 is 0 Å². The highest BCUT2D eigenvalue weighted by Gasteiger charge is 2.20. The van der Waals surface area contributed by atoms with Crippen LogP contribution >= 0.6 is 12.4 Å². The van der Waals surface area contributed by atoms with Gasteiger partial charge in [0.15, 0.2) is 0 Å². The number of halogens is 1. The molecule has 0 unspecified atom stereocenters. The van der Waals surface area contributed by atoms with Crippen LogP contribution in [0.4, 0.5) is 0 Å². The molecule has 2 heterocycles. The summed E-state index contributed by atoms with van der Waals surface area (Å²) in [4.78, 5) is 12.2. The fourth-order valence-corrected chi connectivity index (χ4v) is 2.86. The van der Waals surface area contributed by atoms with Crippen molar-refractivity contribution in [1.82, 2.24) is 20.4 Å². The van der Waals surface area contributed by atoms with Crippen molar-refractivity contribution in [2.45, 2.75) is 25.9 Å². The number of rotatable bonds is 5. The predicted octanol–water partition coefficient (Wildman–Crippen LogP) is 1.97. The third-order valence-electron chi connectivity index (χ3n) is 4.17. The largest absolute Gasteiger partial charge is 0.352 e. The van der Waals surface area contributed by atoms with Gasteiger partial charge < -0.3 is 10.6 Å². The zero-order chi connectivity index (χ0) is 15.2. The summed E-state index contributed by atoms with van der Waals surface area (Å²) in [6.45, 7) is 3.19. The number of hydrogen-bond donors (Lipinski definition) is 2. The van der Waals surface area contributed by atoms with E-state index in [1.165, 1.54) is 5.56 Å². The van der Waals surface area contributed by atoms with Crippen molar-refractivity contribution in [3.05, 3.63) is 53.9 Å². The molecule has 1 amide bonds. The Balaban J connectivity index is 0.00000192. The summed E-state index contributed by atoms with van der Waals surface area (Å²) >= 11 is 0. The number of nitrogens with one attached hydrogen (secondary N) is 2. The lowest BCUT2D eigenvalue weighted by Gasteiger charge is -2.22. The van der Waals surface area contributed by atoms with Crippen LogP contribution < -0.4 is 10.6 Å². The number of nitrogens with zero attached hydrogens (tertiary/aromatic N) is 2. The number of piperidine rings is 1. The van der Waals surface area contributed by atoms with Gasteiger partial charge in [0, 0.05) is 24.9 Å². The number of aromatic nitrogens is 2. The Labute approximate surface area is 142 Å². The summed E-state index contributed by atoms with van der Waals surface area (Å²) in [5, 5.41) is 10.6. The highest BCUT2D eigenvalue weighted by atomic mass is 35.5. The first-order valence-electron chi connectivity index (χ1n) is 7.85. The highest BCUT2D eigenvalue weighted by molar-refractivity contribution is 5.85. The SMILES string of the molecule is Cl.O=C(NCc1ccccc1Cn1cccn1)C1CCNCC1. The first kappa shape index (κ1) is 17.5. The maximum absolute atomic E-state index is 12.2. The average molecular weight is 335 g/mol. The van der Waals surface area contributed by atoms with E-state index in [9.17, 15) is 4.79 Å². The van der Waals surface area contributed by atoms with Gasteiger partial charge in [-0.3, -0.25) is 9.48 Å². The first-order valence-corrected chi connectivity index (χ1v) is 7.85. The van der Waals surface area contributed by atoms with Gasteiger partial charge in [-0.15, -0.1) is 12.4 Å². The van der Waals surface area contributed by atoms with Gasteiger partial charge in [0.05, 0.1) is 6.54 Å².